The fraction of sp³-hybridized carbons (Fsp3) is 0.167. The van der Waals surface area contributed by atoms with E-state index in [0.717, 1.165) is 0 Å². The van der Waals surface area contributed by atoms with Crippen LogP contribution in [0.2, 0.25) is 5.02 Å². The summed E-state index contributed by atoms with van der Waals surface area (Å²) < 4.78 is 9.69. The molecule has 0 unspecified atom stereocenters. The minimum atomic E-state index is -0.543. The minimum absolute atomic E-state index is 0.0920. The van der Waals surface area contributed by atoms with Gasteiger partial charge in [-0.2, -0.15) is 0 Å². The summed E-state index contributed by atoms with van der Waals surface area (Å²) in [6.07, 6.45) is 1.44. The number of hydrogen-bond donors (Lipinski definition) is 1. The maximum absolute atomic E-state index is 11.4. The highest BCUT2D eigenvalue weighted by molar-refractivity contribution is 6.34. The van der Waals surface area contributed by atoms with E-state index in [9.17, 15) is 9.90 Å². The van der Waals surface area contributed by atoms with Gasteiger partial charge in [0, 0.05) is 6.92 Å². The Hall–Kier alpha value is -2.01. The van der Waals surface area contributed by atoms with Gasteiger partial charge < -0.3 is 14.6 Å². The molecule has 0 fully saturated rings. The molecule has 6 heteroatoms. The first kappa shape index (κ1) is 12.4. The van der Waals surface area contributed by atoms with Crippen LogP contribution < -0.4 is 4.74 Å². The summed E-state index contributed by atoms with van der Waals surface area (Å²) >= 11 is 5.96. The number of rotatable bonds is 2. The number of cyclic esters (lactones) is 1. The topological polar surface area (TPSA) is 68.1 Å². The van der Waals surface area contributed by atoms with Gasteiger partial charge in [0.1, 0.15) is 0 Å². The molecule has 94 valence electrons. The van der Waals surface area contributed by atoms with Gasteiger partial charge in [-0.3, -0.25) is 0 Å². The standard InChI is InChI=1S/C12H10ClNO4/c1-6-14-8(12(16)18-6)5-7-3-4-9(17-2)11(15)10(7)13/h3-5,15H,1-2H3/b8-5-. The number of esters is 1. The van der Waals surface area contributed by atoms with Crippen molar-refractivity contribution in [1.82, 2.24) is 0 Å². The van der Waals surface area contributed by atoms with Crippen molar-refractivity contribution in [3.63, 3.8) is 0 Å². The van der Waals surface area contributed by atoms with E-state index in [1.165, 1.54) is 13.2 Å². The molecule has 1 heterocycles. The first-order chi connectivity index (χ1) is 8.52. The summed E-state index contributed by atoms with van der Waals surface area (Å²) in [5.74, 6) is -0.185. The van der Waals surface area contributed by atoms with Crippen LogP contribution in [-0.2, 0) is 9.53 Å². The Kier molecular flexibility index (Phi) is 3.25. The van der Waals surface area contributed by atoms with Crippen LogP contribution in [0, 0.1) is 0 Å². The van der Waals surface area contributed by atoms with Gasteiger partial charge in [0.05, 0.1) is 12.1 Å². The molecule has 0 spiro atoms. The number of ether oxygens (including phenoxy) is 2. The first-order valence-corrected chi connectivity index (χ1v) is 5.45. The predicted molar refractivity (Wildman–Crippen MR) is 66.8 cm³/mol. The largest absolute Gasteiger partial charge is 0.503 e. The summed E-state index contributed by atoms with van der Waals surface area (Å²) in [5, 5.41) is 9.82. The number of methoxy groups -OCH3 is 1. The Morgan fingerprint density at radius 2 is 2.22 bits per heavy atom. The number of carbonyl (C=O) groups is 1. The SMILES string of the molecule is COc1ccc(/C=C2\N=C(C)OC2=O)c(Cl)c1O. The van der Waals surface area contributed by atoms with E-state index < -0.39 is 5.97 Å². The van der Waals surface area contributed by atoms with Gasteiger partial charge in [-0.1, -0.05) is 11.6 Å². The second-order valence-corrected chi connectivity index (χ2v) is 3.95. The molecule has 2 rings (SSSR count). The van der Waals surface area contributed by atoms with Gasteiger partial charge in [-0.15, -0.1) is 0 Å². The molecule has 1 aromatic rings. The quantitative estimate of drug-likeness (QED) is 0.660. The van der Waals surface area contributed by atoms with E-state index in [-0.39, 0.29) is 28.1 Å². The molecule has 1 aromatic carbocycles. The summed E-state index contributed by atoms with van der Waals surface area (Å²) in [5.41, 5.74) is 0.597. The van der Waals surface area contributed by atoms with Crippen molar-refractivity contribution in [1.29, 1.82) is 0 Å². The molecule has 0 saturated heterocycles. The van der Waals surface area contributed by atoms with Crippen LogP contribution in [0.25, 0.3) is 6.08 Å². The van der Waals surface area contributed by atoms with Crippen molar-refractivity contribution in [3.05, 3.63) is 28.4 Å². The number of aromatic hydroxyl groups is 1. The number of phenols is 1. The van der Waals surface area contributed by atoms with Crippen molar-refractivity contribution in [3.8, 4) is 11.5 Å². The maximum atomic E-state index is 11.4. The molecule has 1 aliphatic heterocycles. The summed E-state index contributed by atoms with van der Waals surface area (Å²) in [4.78, 5) is 15.3. The van der Waals surface area contributed by atoms with Crippen LogP contribution in [0.1, 0.15) is 12.5 Å². The van der Waals surface area contributed by atoms with Crippen molar-refractivity contribution < 1.29 is 19.4 Å². The molecule has 0 amide bonds. The number of phenolic OH excluding ortho intramolecular Hbond substituents is 1. The van der Waals surface area contributed by atoms with Gasteiger partial charge in [0.25, 0.3) is 0 Å². The third-order valence-electron chi connectivity index (χ3n) is 2.35. The van der Waals surface area contributed by atoms with E-state index >= 15 is 0 Å². The molecule has 18 heavy (non-hydrogen) atoms. The number of carbonyl (C=O) groups excluding carboxylic acids is 1. The normalized spacial score (nSPS) is 16.7. The van der Waals surface area contributed by atoms with E-state index in [4.69, 9.17) is 21.1 Å². The Labute approximate surface area is 108 Å². The van der Waals surface area contributed by atoms with Crippen molar-refractivity contribution in [2.75, 3.05) is 7.11 Å². The number of nitrogens with zero attached hydrogens (tertiary/aromatic N) is 1. The van der Waals surface area contributed by atoms with Crippen molar-refractivity contribution >= 4 is 29.5 Å². The molecule has 5 nitrogen and oxygen atoms in total. The zero-order valence-electron chi connectivity index (χ0n) is 9.73. The minimum Gasteiger partial charge on any atom is -0.503 e. The maximum Gasteiger partial charge on any atom is 0.363 e. The molecular weight excluding hydrogens is 258 g/mol. The second-order valence-electron chi connectivity index (χ2n) is 3.57. The van der Waals surface area contributed by atoms with Gasteiger partial charge >= 0.3 is 5.97 Å². The highest BCUT2D eigenvalue weighted by Gasteiger charge is 2.20. The smallest absolute Gasteiger partial charge is 0.363 e. The lowest BCUT2D eigenvalue weighted by Gasteiger charge is -2.06. The second kappa shape index (κ2) is 4.70. The van der Waals surface area contributed by atoms with Crippen molar-refractivity contribution in [2.45, 2.75) is 6.92 Å². The number of hydrogen-bond acceptors (Lipinski definition) is 5. The highest BCUT2D eigenvalue weighted by Crippen LogP contribution is 2.37. The Balaban J connectivity index is 2.45. The molecule has 0 bridgehead atoms. The van der Waals surface area contributed by atoms with Gasteiger partial charge in [0.2, 0.25) is 0 Å². The third kappa shape index (κ3) is 2.17. The average molecular weight is 268 g/mol. The van der Waals surface area contributed by atoms with Crippen LogP contribution in [0.4, 0.5) is 0 Å². The fourth-order valence-corrected chi connectivity index (χ4v) is 1.71. The lowest BCUT2D eigenvalue weighted by Crippen LogP contribution is -1.99. The monoisotopic (exact) mass is 267 g/mol. The third-order valence-corrected chi connectivity index (χ3v) is 2.75. The van der Waals surface area contributed by atoms with Crippen LogP contribution in [-0.4, -0.2) is 24.1 Å². The van der Waals surface area contributed by atoms with E-state index in [1.54, 1.807) is 19.1 Å². The lowest BCUT2D eigenvalue weighted by molar-refractivity contribution is -0.130. The summed E-state index contributed by atoms with van der Waals surface area (Å²) in [7, 11) is 1.42. The Bertz CT molecular complexity index is 578. The van der Waals surface area contributed by atoms with Crippen LogP contribution in [0.15, 0.2) is 22.8 Å². The van der Waals surface area contributed by atoms with Gasteiger partial charge in [-0.05, 0) is 23.8 Å². The highest BCUT2D eigenvalue weighted by atomic mass is 35.5. The molecule has 0 radical (unpaired) electrons. The van der Waals surface area contributed by atoms with Crippen LogP contribution in [0.3, 0.4) is 0 Å². The number of halogens is 1. The molecule has 0 atom stereocenters. The summed E-state index contributed by atoms with van der Waals surface area (Å²) in [6.45, 7) is 1.58. The van der Waals surface area contributed by atoms with E-state index in [1.807, 2.05) is 0 Å². The fourth-order valence-electron chi connectivity index (χ4n) is 1.50. The van der Waals surface area contributed by atoms with Gasteiger partial charge in [-0.25, -0.2) is 9.79 Å². The molecule has 0 aromatic heterocycles. The van der Waals surface area contributed by atoms with E-state index in [0.29, 0.717) is 5.56 Å². The van der Waals surface area contributed by atoms with Gasteiger partial charge in [0.15, 0.2) is 23.1 Å². The first-order valence-electron chi connectivity index (χ1n) is 5.07. The molecule has 0 saturated carbocycles. The zero-order chi connectivity index (χ0) is 13.3. The molecule has 1 aliphatic rings. The summed E-state index contributed by atoms with van der Waals surface area (Å²) in [6, 6.07) is 3.16. The predicted octanol–water partition coefficient (Wildman–Crippen LogP) is 2.37. The lowest BCUT2D eigenvalue weighted by atomic mass is 10.1. The molecule has 0 aliphatic carbocycles. The van der Waals surface area contributed by atoms with Crippen LogP contribution in [0.5, 0.6) is 11.5 Å². The Morgan fingerprint density at radius 3 is 2.78 bits per heavy atom. The van der Waals surface area contributed by atoms with Crippen molar-refractivity contribution in [2.24, 2.45) is 4.99 Å². The number of benzene rings is 1. The zero-order valence-corrected chi connectivity index (χ0v) is 10.5. The number of aliphatic imine (C=N–C) groups is 1. The average Bonchev–Trinajstić information content (AvgIpc) is 2.64. The van der Waals surface area contributed by atoms with Crippen LogP contribution >= 0.6 is 11.6 Å². The molecular formula is C12H10ClNO4. The Morgan fingerprint density at radius 1 is 1.50 bits per heavy atom. The molecule has 1 N–H and O–H groups in total. The van der Waals surface area contributed by atoms with E-state index in [2.05, 4.69) is 4.99 Å².